The second-order valence-electron chi connectivity index (χ2n) is 8.50. The van der Waals surface area contributed by atoms with Crippen molar-refractivity contribution in [1.82, 2.24) is 0 Å². The zero-order chi connectivity index (χ0) is 21.8. The maximum Gasteiger partial charge on any atom is 0.300 e. The van der Waals surface area contributed by atoms with Crippen LogP contribution in [0.3, 0.4) is 0 Å². The van der Waals surface area contributed by atoms with Gasteiger partial charge in [-0.25, -0.2) is 0 Å². The van der Waals surface area contributed by atoms with E-state index >= 15 is 0 Å². The van der Waals surface area contributed by atoms with Crippen molar-refractivity contribution in [3.63, 3.8) is 0 Å². The SMILES string of the molecule is CC(=O)O.CCCCCCCCCCCCOCCCCCCCCCCCC.[Na]. The van der Waals surface area contributed by atoms with E-state index in [0.29, 0.717) is 0 Å². The minimum Gasteiger partial charge on any atom is -0.481 e. The summed E-state index contributed by atoms with van der Waals surface area (Å²) in [5, 5.41) is 7.42. The summed E-state index contributed by atoms with van der Waals surface area (Å²) in [6.45, 7) is 7.65. The molecule has 0 saturated heterocycles. The molecule has 1 radical (unpaired) electrons. The number of unbranched alkanes of at least 4 members (excludes halogenated alkanes) is 18. The van der Waals surface area contributed by atoms with Crippen molar-refractivity contribution in [1.29, 1.82) is 0 Å². The van der Waals surface area contributed by atoms with Crippen LogP contribution < -0.4 is 0 Å². The van der Waals surface area contributed by atoms with E-state index < -0.39 is 5.97 Å². The van der Waals surface area contributed by atoms with Gasteiger partial charge in [0.1, 0.15) is 0 Å². The summed E-state index contributed by atoms with van der Waals surface area (Å²) in [4.78, 5) is 9.00. The fourth-order valence-electron chi connectivity index (χ4n) is 3.49. The van der Waals surface area contributed by atoms with Gasteiger partial charge in [0.05, 0.1) is 0 Å². The first-order chi connectivity index (χ1) is 14.1. The topological polar surface area (TPSA) is 46.5 Å². The first-order valence-electron chi connectivity index (χ1n) is 12.9. The number of hydrogen-bond donors (Lipinski definition) is 1. The molecule has 0 unspecified atom stereocenters. The minimum absolute atomic E-state index is 0. The Morgan fingerprint density at radius 2 is 0.733 bits per heavy atom. The predicted molar refractivity (Wildman–Crippen MR) is 134 cm³/mol. The number of ether oxygens (including phenoxy) is 1. The summed E-state index contributed by atoms with van der Waals surface area (Å²) in [5.74, 6) is -0.833. The molecule has 177 valence electrons. The summed E-state index contributed by atoms with van der Waals surface area (Å²) in [6, 6.07) is 0. The van der Waals surface area contributed by atoms with Crippen LogP contribution in [0, 0.1) is 0 Å². The maximum atomic E-state index is 9.00. The normalized spacial score (nSPS) is 10.2. The van der Waals surface area contributed by atoms with Crippen LogP contribution in [0.1, 0.15) is 149 Å². The van der Waals surface area contributed by atoms with E-state index in [2.05, 4.69) is 13.8 Å². The average molecular weight is 438 g/mol. The molecular formula is C26H54NaO3. The third-order valence-electron chi connectivity index (χ3n) is 5.28. The van der Waals surface area contributed by atoms with E-state index in [1.807, 2.05) is 0 Å². The Kier molecular flexibility index (Phi) is 39.8. The van der Waals surface area contributed by atoms with E-state index in [0.717, 1.165) is 20.1 Å². The number of rotatable bonds is 22. The Balaban J connectivity index is -0.00000133. The third-order valence-corrected chi connectivity index (χ3v) is 5.28. The molecule has 0 aromatic rings. The molecule has 0 heterocycles. The molecule has 0 fully saturated rings. The van der Waals surface area contributed by atoms with E-state index in [1.165, 1.54) is 128 Å². The summed E-state index contributed by atoms with van der Waals surface area (Å²) in [6.07, 6.45) is 28.2. The molecule has 0 amide bonds. The Bertz CT molecular complexity index is 272. The van der Waals surface area contributed by atoms with Crippen molar-refractivity contribution in [3.05, 3.63) is 0 Å². The van der Waals surface area contributed by atoms with Gasteiger partial charge in [-0.2, -0.15) is 0 Å². The third kappa shape index (κ3) is 42.5. The van der Waals surface area contributed by atoms with Crippen LogP contribution in [0.5, 0.6) is 0 Å². The summed E-state index contributed by atoms with van der Waals surface area (Å²) in [7, 11) is 0. The second-order valence-corrected chi connectivity index (χ2v) is 8.50. The zero-order valence-electron chi connectivity index (χ0n) is 21.3. The Hall–Kier alpha value is 0.430. The molecule has 0 bridgehead atoms. The van der Waals surface area contributed by atoms with Gasteiger partial charge in [-0.15, -0.1) is 0 Å². The van der Waals surface area contributed by atoms with Crippen LogP contribution in [0.15, 0.2) is 0 Å². The molecule has 0 rings (SSSR count). The molecule has 0 atom stereocenters. The summed E-state index contributed by atoms with van der Waals surface area (Å²) < 4.78 is 5.78. The van der Waals surface area contributed by atoms with Gasteiger partial charge in [-0.1, -0.05) is 129 Å². The van der Waals surface area contributed by atoms with Crippen LogP contribution in [0.4, 0.5) is 0 Å². The van der Waals surface area contributed by atoms with E-state index in [1.54, 1.807) is 0 Å². The number of hydrogen-bond acceptors (Lipinski definition) is 2. The fourth-order valence-corrected chi connectivity index (χ4v) is 3.49. The first kappa shape index (κ1) is 35.0. The molecule has 3 nitrogen and oxygen atoms in total. The molecular weight excluding hydrogens is 383 g/mol. The summed E-state index contributed by atoms with van der Waals surface area (Å²) >= 11 is 0. The fraction of sp³-hybridized carbons (Fsp3) is 0.962. The van der Waals surface area contributed by atoms with E-state index in [4.69, 9.17) is 14.6 Å². The van der Waals surface area contributed by atoms with Crippen molar-refractivity contribution in [2.24, 2.45) is 0 Å². The molecule has 0 aliphatic carbocycles. The van der Waals surface area contributed by atoms with Crippen LogP contribution >= 0.6 is 0 Å². The second kappa shape index (κ2) is 34.1. The smallest absolute Gasteiger partial charge is 0.300 e. The number of carboxylic acid groups (broad SMARTS) is 1. The van der Waals surface area contributed by atoms with Crippen molar-refractivity contribution in [3.8, 4) is 0 Å². The number of carbonyl (C=O) groups is 1. The molecule has 0 aliphatic heterocycles. The quantitative estimate of drug-likeness (QED) is 0.136. The van der Waals surface area contributed by atoms with Gasteiger partial charge in [0, 0.05) is 49.7 Å². The standard InChI is InChI=1S/C24H50O.C2H4O2.Na/c1-3-5-7-9-11-13-15-17-19-21-23-25-24-22-20-18-16-14-12-10-8-6-4-2;1-2(3)4;/h3-24H2,1-2H3;1H3,(H,3,4);. The van der Waals surface area contributed by atoms with Gasteiger partial charge in [-0.05, 0) is 12.8 Å². The van der Waals surface area contributed by atoms with E-state index in [9.17, 15) is 0 Å². The van der Waals surface area contributed by atoms with Crippen molar-refractivity contribution in [2.45, 2.75) is 149 Å². The Morgan fingerprint density at radius 1 is 0.533 bits per heavy atom. The molecule has 0 aromatic heterocycles. The predicted octanol–water partition coefficient (Wildman–Crippen LogP) is 8.55. The number of carboxylic acids is 1. The first-order valence-corrected chi connectivity index (χ1v) is 12.9. The molecule has 0 spiro atoms. The molecule has 1 N–H and O–H groups in total. The van der Waals surface area contributed by atoms with Crippen molar-refractivity contribution in [2.75, 3.05) is 13.2 Å². The van der Waals surface area contributed by atoms with Gasteiger partial charge < -0.3 is 9.84 Å². The average Bonchev–Trinajstić information content (AvgIpc) is 2.69. The monoisotopic (exact) mass is 437 g/mol. The Labute approximate surface area is 211 Å². The zero-order valence-corrected chi connectivity index (χ0v) is 23.3. The van der Waals surface area contributed by atoms with Crippen molar-refractivity contribution < 1.29 is 14.6 Å². The van der Waals surface area contributed by atoms with Crippen LogP contribution in [-0.2, 0) is 9.53 Å². The Morgan fingerprint density at radius 3 is 0.967 bits per heavy atom. The van der Waals surface area contributed by atoms with Crippen LogP contribution in [0.2, 0.25) is 0 Å². The minimum atomic E-state index is -0.833. The van der Waals surface area contributed by atoms with Crippen LogP contribution in [-0.4, -0.2) is 53.8 Å². The number of aliphatic carboxylic acids is 1. The molecule has 30 heavy (non-hydrogen) atoms. The van der Waals surface area contributed by atoms with Gasteiger partial charge in [-0.3, -0.25) is 4.79 Å². The van der Waals surface area contributed by atoms with Gasteiger partial charge in [0.2, 0.25) is 0 Å². The molecule has 4 heteroatoms. The molecule has 0 aromatic carbocycles. The van der Waals surface area contributed by atoms with Crippen LogP contribution in [0.25, 0.3) is 0 Å². The van der Waals surface area contributed by atoms with Gasteiger partial charge in [0.25, 0.3) is 5.97 Å². The van der Waals surface area contributed by atoms with E-state index in [-0.39, 0.29) is 29.6 Å². The largest absolute Gasteiger partial charge is 0.481 e. The molecule has 0 aliphatic rings. The summed E-state index contributed by atoms with van der Waals surface area (Å²) in [5.41, 5.74) is 0. The maximum absolute atomic E-state index is 9.00. The van der Waals surface area contributed by atoms with Gasteiger partial charge >= 0.3 is 0 Å². The van der Waals surface area contributed by atoms with Gasteiger partial charge in [0.15, 0.2) is 0 Å². The van der Waals surface area contributed by atoms with Crippen molar-refractivity contribution >= 4 is 35.5 Å². The molecule has 0 saturated carbocycles.